The van der Waals surface area contributed by atoms with Gasteiger partial charge >= 0.3 is 0 Å². The Labute approximate surface area is 127 Å². The van der Waals surface area contributed by atoms with Gasteiger partial charge in [-0.15, -0.1) is 0 Å². The molecule has 1 N–H and O–H groups in total. The highest BCUT2D eigenvalue weighted by Gasteiger charge is 2.21. The summed E-state index contributed by atoms with van der Waals surface area (Å²) in [6, 6.07) is 7.13. The zero-order chi connectivity index (χ0) is 15.5. The number of aromatic nitrogens is 2. The molecule has 3 aromatic heterocycles. The van der Waals surface area contributed by atoms with Crippen molar-refractivity contribution in [2.24, 2.45) is 0 Å². The first kappa shape index (κ1) is 14.2. The Morgan fingerprint density at radius 3 is 2.82 bits per heavy atom. The lowest BCUT2D eigenvalue weighted by Gasteiger charge is -2.17. The molecule has 22 heavy (non-hydrogen) atoms. The fourth-order valence-electron chi connectivity index (χ4n) is 2.44. The van der Waals surface area contributed by atoms with Crippen molar-refractivity contribution >= 4 is 5.91 Å². The Bertz CT molecular complexity index is 742. The highest BCUT2D eigenvalue weighted by Crippen LogP contribution is 2.20. The molecule has 3 rings (SSSR count). The largest absolute Gasteiger partial charge is 0.472 e. The molecule has 3 aromatic rings. The summed E-state index contributed by atoms with van der Waals surface area (Å²) in [6.45, 7) is 4.29. The van der Waals surface area contributed by atoms with E-state index in [2.05, 4.69) is 10.4 Å². The van der Waals surface area contributed by atoms with E-state index in [1.165, 1.54) is 12.5 Å². The third-order valence-electron chi connectivity index (χ3n) is 3.45. The van der Waals surface area contributed by atoms with Gasteiger partial charge < -0.3 is 14.2 Å². The molecular formula is C16H17N3O3. The molecule has 6 heteroatoms. The number of carbonyl (C=O) groups is 1. The van der Waals surface area contributed by atoms with Crippen molar-refractivity contribution in [1.82, 2.24) is 15.1 Å². The van der Waals surface area contributed by atoms with Gasteiger partial charge in [-0.2, -0.15) is 5.10 Å². The molecular weight excluding hydrogens is 282 g/mol. The summed E-state index contributed by atoms with van der Waals surface area (Å²) in [4.78, 5) is 12.1. The third-order valence-corrected chi connectivity index (χ3v) is 3.45. The molecule has 0 radical (unpaired) electrons. The number of nitrogens with zero attached hydrogens (tertiary/aromatic N) is 2. The summed E-state index contributed by atoms with van der Waals surface area (Å²) >= 11 is 0. The minimum atomic E-state index is -0.195. The molecule has 0 aromatic carbocycles. The number of nitrogens with one attached hydrogen (secondary N) is 1. The number of aryl methyl sites for hydroxylation is 2. The maximum Gasteiger partial charge on any atom is 0.254 e. The van der Waals surface area contributed by atoms with E-state index in [9.17, 15) is 4.79 Å². The maximum absolute atomic E-state index is 12.1. The van der Waals surface area contributed by atoms with Crippen molar-refractivity contribution in [3.8, 4) is 0 Å². The van der Waals surface area contributed by atoms with Gasteiger partial charge in [0.1, 0.15) is 18.1 Å². The third kappa shape index (κ3) is 2.81. The van der Waals surface area contributed by atoms with Gasteiger partial charge in [0.25, 0.3) is 5.91 Å². The zero-order valence-corrected chi connectivity index (χ0v) is 12.4. The van der Waals surface area contributed by atoms with E-state index in [0.717, 1.165) is 17.1 Å². The summed E-state index contributed by atoms with van der Waals surface area (Å²) in [5.74, 6) is 0.561. The van der Waals surface area contributed by atoms with Crippen LogP contribution in [0.5, 0.6) is 0 Å². The minimum absolute atomic E-state index is 0.188. The van der Waals surface area contributed by atoms with Crippen LogP contribution < -0.4 is 5.32 Å². The number of rotatable bonds is 5. The SMILES string of the molecule is Cc1cc(C)n(C(CNC(=O)c2ccoc2)c2ccco2)n1. The maximum atomic E-state index is 12.1. The van der Waals surface area contributed by atoms with Crippen molar-refractivity contribution < 1.29 is 13.6 Å². The predicted octanol–water partition coefficient (Wildman–Crippen LogP) is 2.71. The van der Waals surface area contributed by atoms with Crippen LogP contribution in [0.15, 0.2) is 51.9 Å². The van der Waals surface area contributed by atoms with Crippen molar-refractivity contribution in [2.75, 3.05) is 6.54 Å². The second-order valence-corrected chi connectivity index (χ2v) is 5.12. The molecule has 3 heterocycles. The average molecular weight is 299 g/mol. The lowest BCUT2D eigenvalue weighted by molar-refractivity contribution is 0.0947. The molecule has 0 fully saturated rings. The second-order valence-electron chi connectivity index (χ2n) is 5.12. The molecule has 114 valence electrons. The van der Waals surface area contributed by atoms with Crippen LogP contribution in [0.25, 0.3) is 0 Å². The molecule has 0 saturated carbocycles. The normalized spacial score (nSPS) is 12.3. The minimum Gasteiger partial charge on any atom is -0.472 e. The number of hydrogen-bond acceptors (Lipinski definition) is 4. The van der Waals surface area contributed by atoms with E-state index in [1.54, 1.807) is 12.3 Å². The Morgan fingerprint density at radius 2 is 2.23 bits per heavy atom. The van der Waals surface area contributed by atoms with Crippen LogP contribution in [0.4, 0.5) is 0 Å². The van der Waals surface area contributed by atoms with Gasteiger partial charge in [0, 0.05) is 12.2 Å². The second kappa shape index (κ2) is 5.93. The molecule has 0 spiro atoms. The van der Waals surface area contributed by atoms with Gasteiger partial charge in [0.15, 0.2) is 0 Å². The van der Waals surface area contributed by atoms with Crippen molar-refractivity contribution in [3.05, 3.63) is 65.8 Å². The van der Waals surface area contributed by atoms with Crippen LogP contribution in [-0.4, -0.2) is 22.2 Å². The van der Waals surface area contributed by atoms with E-state index in [0.29, 0.717) is 12.1 Å². The van der Waals surface area contributed by atoms with Crippen LogP contribution >= 0.6 is 0 Å². The highest BCUT2D eigenvalue weighted by molar-refractivity contribution is 5.93. The van der Waals surface area contributed by atoms with Gasteiger partial charge in [-0.25, -0.2) is 0 Å². The molecule has 0 aliphatic carbocycles. The summed E-state index contributed by atoms with van der Waals surface area (Å²) < 4.78 is 12.3. The first-order valence-electron chi connectivity index (χ1n) is 7.01. The van der Waals surface area contributed by atoms with E-state index in [1.807, 2.05) is 36.7 Å². The van der Waals surface area contributed by atoms with Crippen LogP contribution in [0.1, 0.15) is 33.5 Å². The standard InChI is InChI=1S/C16H17N3O3/c1-11-8-12(2)19(18-11)14(15-4-3-6-22-15)9-17-16(20)13-5-7-21-10-13/h3-8,10,14H,9H2,1-2H3,(H,17,20). The van der Waals surface area contributed by atoms with E-state index >= 15 is 0 Å². The molecule has 0 aliphatic rings. The Kier molecular flexibility index (Phi) is 3.82. The van der Waals surface area contributed by atoms with Gasteiger partial charge in [-0.05, 0) is 38.1 Å². The quantitative estimate of drug-likeness (QED) is 0.786. The fourth-order valence-corrected chi connectivity index (χ4v) is 2.44. The van der Waals surface area contributed by atoms with Gasteiger partial charge in [-0.1, -0.05) is 0 Å². The highest BCUT2D eigenvalue weighted by atomic mass is 16.3. The molecule has 1 atom stereocenters. The molecule has 0 bridgehead atoms. The van der Waals surface area contributed by atoms with Crippen LogP contribution in [0.2, 0.25) is 0 Å². The van der Waals surface area contributed by atoms with E-state index in [4.69, 9.17) is 8.83 Å². The smallest absolute Gasteiger partial charge is 0.254 e. The average Bonchev–Trinajstić information content (AvgIpc) is 3.22. The summed E-state index contributed by atoms with van der Waals surface area (Å²) in [5, 5.41) is 7.38. The van der Waals surface area contributed by atoms with Crippen molar-refractivity contribution in [2.45, 2.75) is 19.9 Å². The molecule has 0 saturated heterocycles. The summed E-state index contributed by atoms with van der Waals surface area (Å²) in [7, 11) is 0. The van der Waals surface area contributed by atoms with E-state index in [-0.39, 0.29) is 11.9 Å². The first-order valence-corrected chi connectivity index (χ1v) is 7.01. The van der Waals surface area contributed by atoms with Gasteiger partial charge in [0.05, 0.1) is 23.8 Å². The monoisotopic (exact) mass is 299 g/mol. The lowest BCUT2D eigenvalue weighted by atomic mass is 10.2. The van der Waals surface area contributed by atoms with Gasteiger partial charge in [0.2, 0.25) is 0 Å². The fraction of sp³-hybridized carbons (Fsp3) is 0.250. The number of carbonyl (C=O) groups excluding carboxylic acids is 1. The zero-order valence-electron chi connectivity index (χ0n) is 12.4. The van der Waals surface area contributed by atoms with E-state index < -0.39 is 0 Å². The summed E-state index contributed by atoms with van der Waals surface area (Å²) in [6.07, 6.45) is 4.51. The van der Waals surface area contributed by atoms with Crippen LogP contribution in [0, 0.1) is 13.8 Å². The van der Waals surface area contributed by atoms with Crippen LogP contribution in [0.3, 0.4) is 0 Å². The Hall–Kier alpha value is -2.76. The van der Waals surface area contributed by atoms with Crippen molar-refractivity contribution in [1.29, 1.82) is 0 Å². The van der Waals surface area contributed by atoms with Crippen LogP contribution in [-0.2, 0) is 0 Å². The first-order chi connectivity index (χ1) is 10.6. The Balaban J connectivity index is 1.81. The summed E-state index contributed by atoms with van der Waals surface area (Å²) in [5.41, 5.74) is 2.43. The predicted molar refractivity (Wildman–Crippen MR) is 79.6 cm³/mol. The number of hydrogen-bond donors (Lipinski definition) is 1. The molecule has 0 aliphatic heterocycles. The number of furan rings is 2. The molecule has 1 unspecified atom stereocenters. The number of amides is 1. The topological polar surface area (TPSA) is 73.2 Å². The van der Waals surface area contributed by atoms with Crippen molar-refractivity contribution in [3.63, 3.8) is 0 Å². The van der Waals surface area contributed by atoms with Gasteiger partial charge in [-0.3, -0.25) is 9.48 Å². The molecule has 6 nitrogen and oxygen atoms in total. The lowest BCUT2D eigenvalue weighted by Crippen LogP contribution is -2.31. The Morgan fingerprint density at radius 1 is 1.36 bits per heavy atom. The molecule has 1 amide bonds.